The Labute approximate surface area is 243 Å². The van der Waals surface area contributed by atoms with Gasteiger partial charge in [0, 0.05) is 16.8 Å². The van der Waals surface area contributed by atoms with Crippen LogP contribution in [0.3, 0.4) is 0 Å². The molecular formula is C31H34FN3O5S. The number of aliphatic hydroxyl groups is 1. The number of phenols is 1. The van der Waals surface area contributed by atoms with Crippen molar-refractivity contribution in [2.45, 2.75) is 31.7 Å². The van der Waals surface area contributed by atoms with Crippen molar-refractivity contribution >= 4 is 22.7 Å². The highest BCUT2D eigenvalue weighted by Crippen LogP contribution is 2.48. The largest absolute Gasteiger partial charge is 0.507 e. The van der Waals surface area contributed by atoms with Gasteiger partial charge in [-0.15, -0.1) is 0 Å². The molecule has 4 rings (SSSR count). The lowest BCUT2D eigenvalue weighted by Crippen LogP contribution is -2.38. The number of aromatic hydroxyl groups is 1. The number of carbonyl (C=O) groups is 1. The van der Waals surface area contributed by atoms with Crippen LogP contribution in [0, 0.1) is 11.7 Å². The number of methoxy groups -OCH3 is 1. The summed E-state index contributed by atoms with van der Waals surface area (Å²) in [6.07, 6.45) is 0.902. The predicted molar refractivity (Wildman–Crippen MR) is 159 cm³/mol. The molecule has 41 heavy (non-hydrogen) atoms. The number of nitrogens with one attached hydrogen (secondary N) is 1. The predicted octanol–water partition coefficient (Wildman–Crippen LogP) is 5.68. The normalized spacial score (nSPS) is 16.1. The number of hydrogen-bond donors (Lipinski definition) is 3. The first-order valence-corrected chi connectivity index (χ1v) is 14.1. The smallest absolute Gasteiger partial charge is 0.279 e. The Balaban J connectivity index is 1.64. The van der Waals surface area contributed by atoms with Crippen molar-refractivity contribution in [3.05, 3.63) is 102 Å². The van der Waals surface area contributed by atoms with Crippen LogP contribution in [0.1, 0.15) is 47.1 Å². The molecule has 3 aromatic rings. The molecule has 8 nitrogen and oxygen atoms in total. The second-order valence-corrected chi connectivity index (χ2v) is 10.7. The summed E-state index contributed by atoms with van der Waals surface area (Å²) in [5, 5.41) is 29.1. The van der Waals surface area contributed by atoms with E-state index in [0.717, 1.165) is 6.42 Å². The van der Waals surface area contributed by atoms with Gasteiger partial charge in [-0.05, 0) is 48.4 Å². The van der Waals surface area contributed by atoms with E-state index in [0.29, 0.717) is 33.4 Å². The Bertz CT molecular complexity index is 1420. The number of para-hydroxylation sites is 2. The summed E-state index contributed by atoms with van der Waals surface area (Å²) in [5.74, 6) is 0.0287. The summed E-state index contributed by atoms with van der Waals surface area (Å²) in [6, 6.07) is 17.3. The van der Waals surface area contributed by atoms with Crippen LogP contribution >= 0.6 is 11.8 Å². The molecule has 0 aromatic heterocycles. The summed E-state index contributed by atoms with van der Waals surface area (Å²) in [5.41, 5.74) is 1.95. The summed E-state index contributed by atoms with van der Waals surface area (Å²) < 4.78 is 25.5. The quantitative estimate of drug-likeness (QED) is 0.254. The molecular weight excluding hydrogens is 545 g/mol. The monoisotopic (exact) mass is 579 g/mol. The lowest BCUT2D eigenvalue weighted by atomic mass is 10.00. The first-order valence-electron chi connectivity index (χ1n) is 13.2. The van der Waals surface area contributed by atoms with E-state index in [1.54, 1.807) is 36.4 Å². The maximum atomic E-state index is 13.7. The van der Waals surface area contributed by atoms with Gasteiger partial charge in [-0.25, -0.2) is 9.40 Å². The third kappa shape index (κ3) is 6.83. The number of phenolic OH excluding ortho intramolecular Hbond substituents is 1. The van der Waals surface area contributed by atoms with Crippen molar-refractivity contribution in [2.75, 3.05) is 20.3 Å². The molecule has 1 amide bonds. The fourth-order valence-electron chi connectivity index (χ4n) is 4.35. The minimum absolute atomic E-state index is 0.0248. The van der Waals surface area contributed by atoms with Gasteiger partial charge in [0.1, 0.15) is 28.6 Å². The van der Waals surface area contributed by atoms with Crippen LogP contribution in [0.25, 0.3) is 0 Å². The molecule has 0 fully saturated rings. The van der Waals surface area contributed by atoms with Gasteiger partial charge in [0.25, 0.3) is 5.91 Å². The van der Waals surface area contributed by atoms with Crippen LogP contribution in [0.2, 0.25) is 0 Å². The fourth-order valence-corrected chi connectivity index (χ4v) is 5.53. The van der Waals surface area contributed by atoms with Crippen LogP contribution in [-0.2, 0) is 0 Å². The van der Waals surface area contributed by atoms with Crippen LogP contribution in [0.4, 0.5) is 4.39 Å². The highest BCUT2D eigenvalue weighted by atomic mass is 32.2. The third-order valence-electron chi connectivity index (χ3n) is 6.88. The molecule has 0 radical (unpaired) electrons. The maximum Gasteiger partial charge on any atom is 0.279 e. The molecule has 1 aliphatic heterocycles. The van der Waals surface area contributed by atoms with Gasteiger partial charge in [-0.3, -0.25) is 4.79 Å². The summed E-state index contributed by atoms with van der Waals surface area (Å²) >= 11 is 1.30. The number of ether oxygens (including phenoxy) is 2. The van der Waals surface area contributed by atoms with Crippen molar-refractivity contribution < 1.29 is 28.9 Å². The SMILES string of the molecule is C=C(COc1cccc(C2SC(c3ccc(F)cc3)=NN2C(=O)c2ccccc2O)c1OC)N[C@H](CO)[C@@H](C)CC. The van der Waals surface area contributed by atoms with Crippen molar-refractivity contribution in [2.24, 2.45) is 11.0 Å². The van der Waals surface area contributed by atoms with Crippen LogP contribution in [0.5, 0.6) is 17.2 Å². The van der Waals surface area contributed by atoms with E-state index >= 15 is 0 Å². The molecule has 216 valence electrons. The Hall–Kier alpha value is -4.02. The van der Waals surface area contributed by atoms with Gasteiger partial charge in [0.2, 0.25) is 0 Å². The first kappa shape index (κ1) is 30.0. The van der Waals surface area contributed by atoms with Crippen LogP contribution in [-0.4, -0.2) is 52.5 Å². The number of halogens is 1. The number of rotatable bonds is 12. The second-order valence-electron chi connectivity index (χ2n) is 9.64. The zero-order chi connectivity index (χ0) is 29.5. The van der Waals surface area contributed by atoms with Gasteiger partial charge in [0.05, 0.1) is 25.3 Å². The second kappa shape index (κ2) is 13.6. The Morgan fingerprint density at radius 3 is 2.56 bits per heavy atom. The lowest BCUT2D eigenvalue weighted by molar-refractivity contribution is 0.0744. The average Bonchev–Trinajstić information content (AvgIpc) is 3.43. The molecule has 0 saturated carbocycles. The molecule has 10 heteroatoms. The van der Waals surface area contributed by atoms with Gasteiger partial charge in [-0.2, -0.15) is 5.10 Å². The van der Waals surface area contributed by atoms with Crippen LogP contribution in [0.15, 0.2) is 84.1 Å². The minimum Gasteiger partial charge on any atom is -0.507 e. The number of aliphatic hydroxyl groups excluding tert-OH is 1. The van der Waals surface area contributed by atoms with Gasteiger partial charge < -0.3 is 25.0 Å². The zero-order valence-electron chi connectivity index (χ0n) is 23.2. The molecule has 1 aliphatic rings. The molecule has 3 atom stereocenters. The number of thioether (sulfide) groups is 1. The van der Waals surface area contributed by atoms with E-state index in [-0.39, 0.29) is 42.3 Å². The molecule has 1 heterocycles. The van der Waals surface area contributed by atoms with E-state index in [2.05, 4.69) is 30.8 Å². The fraction of sp³-hybridized carbons (Fsp3) is 0.290. The van der Waals surface area contributed by atoms with Crippen molar-refractivity contribution in [1.82, 2.24) is 10.3 Å². The van der Waals surface area contributed by atoms with Gasteiger partial charge in [-0.1, -0.05) is 62.9 Å². The van der Waals surface area contributed by atoms with Gasteiger partial charge in [0.15, 0.2) is 11.5 Å². The lowest BCUT2D eigenvalue weighted by Gasteiger charge is -2.26. The molecule has 0 bridgehead atoms. The molecule has 0 saturated heterocycles. The van der Waals surface area contributed by atoms with E-state index in [1.165, 1.54) is 48.1 Å². The summed E-state index contributed by atoms with van der Waals surface area (Å²) in [7, 11) is 1.51. The number of nitrogens with zero attached hydrogens (tertiary/aromatic N) is 2. The summed E-state index contributed by atoms with van der Waals surface area (Å²) in [6.45, 7) is 8.26. The van der Waals surface area contributed by atoms with E-state index in [1.807, 2.05) is 6.07 Å². The standard InChI is InChI=1S/C31H34FN3O5S/c1-5-19(2)25(17-36)33-20(3)18-40-27-12-8-10-24(28(27)39-4)31-35(30(38)23-9-6-7-11-26(23)37)34-29(41-31)21-13-15-22(32)16-14-21/h6-16,19,25,31,33,36-37H,3,5,17-18H2,1-2,4H3/t19-,25+,31?/m0/s1. The molecule has 3 aromatic carbocycles. The Morgan fingerprint density at radius 1 is 1.17 bits per heavy atom. The molecule has 0 aliphatic carbocycles. The highest BCUT2D eigenvalue weighted by molar-refractivity contribution is 8.14. The van der Waals surface area contributed by atoms with Crippen molar-refractivity contribution in [3.8, 4) is 17.2 Å². The van der Waals surface area contributed by atoms with E-state index in [4.69, 9.17) is 9.47 Å². The molecule has 1 unspecified atom stereocenters. The topological polar surface area (TPSA) is 104 Å². The number of benzene rings is 3. The number of carbonyl (C=O) groups excluding carboxylic acids is 1. The molecule has 0 spiro atoms. The van der Waals surface area contributed by atoms with Crippen molar-refractivity contribution in [1.29, 1.82) is 0 Å². The molecule has 3 N–H and O–H groups in total. The van der Waals surface area contributed by atoms with Crippen LogP contribution < -0.4 is 14.8 Å². The van der Waals surface area contributed by atoms with Crippen molar-refractivity contribution in [3.63, 3.8) is 0 Å². The number of amides is 1. The first-order chi connectivity index (χ1) is 19.8. The zero-order valence-corrected chi connectivity index (χ0v) is 24.0. The Morgan fingerprint density at radius 2 is 1.90 bits per heavy atom. The minimum atomic E-state index is -0.675. The van der Waals surface area contributed by atoms with E-state index < -0.39 is 11.3 Å². The maximum absolute atomic E-state index is 13.7. The highest BCUT2D eigenvalue weighted by Gasteiger charge is 2.37. The number of hydrogen-bond acceptors (Lipinski definition) is 8. The number of hydrazone groups is 1. The Kier molecular flexibility index (Phi) is 9.91. The average molecular weight is 580 g/mol. The third-order valence-corrected chi connectivity index (χ3v) is 8.09. The summed E-state index contributed by atoms with van der Waals surface area (Å²) in [4.78, 5) is 13.7. The van der Waals surface area contributed by atoms with E-state index in [9.17, 15) is 19.4 Å². The van der Waals surface area contributed by atoms with Gasteiger partial charge >= 0.3 is 0 Å².